The van der Waals surface area contributed by atoms with Crippen molar-refractivity contribution in [3.63, 3.8) is 0 Å². The lowest BCUT2D eigenvalue weighted by atomic mass is 9.49. The van der Waals surface area contributed by atoms with E-state index >= 15 is 0 Å². The van der Waals surface area contributed by atoms with E-state index in [9.17, 15) is 4.79 Å². The topological polar surface area (TPSA) is 29.5 Å². The molecule has 0 spiro atoms. The van der Waals surface area contributed by atoms with Crippen LogP contribution >= 0.6 is 15.9 Å². The van der Waals surface area contributed by atoms with E-state index in [1.54, 1.807) is 7.11 Å². The third-order valence-electron chi connectivity index (χ3n) is 6.51. The highest BCUT2D eigenvalue weighted by Crippen LogP contribution is 2.64. The van der Waals surface area contributed by atoms with E-state index in [1.807, 2.05) is 0 Å². The Bertz CT molecular complexity index is 430. The number of piperidine rings is 1. The highest BCUT2D eigenvalue weighted by molar-refractivity contribution is 9.10. The molecule has 4 heteroatoms. The van der Waals surface area contributed by atoms with Crippen LogP contribution in [0.3, 0.4) is 0 Å². The van der Waals surface area contributed by atoms with Crippen LogP contribution in [-0.4, -0.2) is 41.4 Å². The van der Waals surface area contributed by atoms with Gasteiger partial charge in [-0.2, -0.15) is 0 Å². The van der Waals surface area contributed by atoms with E-state index in [0.717, 1.165) is 57.0 Å². The standard InChI is InChI=1S/C17H26BrNO2/c1-21-14-2-4-19(5-3-14)15(20)16-7-12-6-13(8-16)10-17(18,9-12)11-16/h12-14H,2-11H2,1H3. The van der Waals surface area contributed by atoms with Crippen LogP contribution in [0.4, 0.5) is 0 Å². The second-order valence-electron chi connectivity index (χ2n) is 8.12. The molecule has 4 saturated carbocycles. The van der Waals surface area contributed by atoms with E-state index in [2.05, 4.69) is 20.8 Å². The van der Waals surface area contributed by atoms with E-state index < -0.39 is 0 Å². The summed E-state index contributed by atoms with van der Waals surface area (Å²) >= 11 is 4.01. The van der Waals surface area contributed by atoms with E-state index in [0.29, 0.717) is 12.0 Å². The molecule has 4 aliphatic carbocycles. The molecule has 1 heterocycles. The van der Waals surface area contributed by atoms with Gasteiger partial charge in [-0.3, -0.25) is 4.79 Å². The van der Waals surface area contributed by atoms with Crippen molar-refractivity contribution in [2.45, 2.75) is 61.8 Å². The molecule has 2 unspecified atom stereocenters. The van der Waals surface area contributed by atoms with Crippen molar-refractivity contribution in [3.8, 4) is 0 Å². The first-order chi connectivity index (χ1) is 10.0. The first-order valence-electron chi connectivity index (χ1n) is 8.53. The van der Waals surface area contributed by atoms with Gasteiger partial charge in [0.2, 0.25) is 5.91 Å². The summed E-state index contributed by atoms with van der Waals surface area (Å²) in [6.07, 6.45) is 9.71. The van der Waals surface area contributed by atoms with Crippen molar-refractivity contribution >= 4 is 21.8 Å². The largest absolute Gasteiger partial charge is 0.381 e. The molecular formula is C17H26BrNO2. The molecule has 0 aromatic carbocycles. The van der Waals surface area contributed by atoms with Crippen LogP contribution < -0.4 is 0 Å². The van der Waals surface area contributed by atoms with Crippen molar-refractivity contribution in [2.75, 3.05) is 20.2 Å². The summed E-state index contributed by atoms with van der Waals surface area (Å²) in [6.45, 7) is 1.79. The molecule has 5 rings (SSSR count). The molecule has 4 bridgehead atoms. The molecule has 1 saturated heterocycles. The number of halogens is 1. The lowest BCUT2D eigenvalue weighted by molar-refractivity contribution is -0.157. The Balaban J connectivity index is 1.52. The zero-order valence-electron chi connectivity index (χ0n) is 12.9. The van der Waals surface area contributed by atoms with Crippen LogP contribution in [0.1, 0.15) is 51.4 Å². The molecule has 21 heavy (non-hydrogen) atoms. The Hall–Kier alpha value is -0.0900. The normalized spacial score (nSPS) is 46.1. The Morgan fingerprint density at radius 3 is 2.29 bits per heavy atom. The first-order valence-corrected chi connectivity index (χ1v) is 9.32. The third-order valence-corrected chi connectivity index (χ3v) is 7.43. The number of nitrogens with zero attached hydrogens (tertiary/aromatic N) is 1. The van der Waals surface area contributed by atoms with Crippen LogP contribution in [-0.2, 0) is 9.53 Å². The van der Waals surface area contributed by atoms with Gasteiger partial charge in [-0.05, 0) is 63.2 Å². The van der Waals surface area contributed by atoms with Crippen molar-refractivity contribution in [2.24, 2.45) is 17.3 Å². The second-order valence-corrected chi connectivity index (χ2v) is 9.80. The van der Waals surface area contributed by atoms with E-state index in [4.69, 9.17) is 4.74 Å². The molecule has 0 aromatic heterocycles. The summed E-state index contributed by atoms with van der Waals surface area (Å²) in [5, 5.41) is 0. The van der Waals surface area contributed by atoms with Gasteiger partial charge in [-0.1, -0.05) is 15.9 Å². The predicted octanol–water partition coefficient (Wildman–Crippen LogP) is 3.36. The Kier molecular flexibility index (Phi) is 3.42. The van der Waals surface area contributed by atoms with Crippen LogP contribution in [0.2, 0.25) is 0 Å². The summed E-state index contributed by atoms with van der Waals surface area (Å²) < 4.78 is 5.71. The fourth-order valence-corrected chi connectivity index (χ4v) is 7.48. The average Bonchev–Trinajstić information content (AvgIpc) is 2.44. The fourth-order valence-electron chi connectivity index (χ4n) is 6.03. The molecule has 2 atom stereocenters. The smallest absolute Gasteiger partial charge is 0.228 e. The SMILES string of the molecule is COC1CCN(C(=O)C23CC4CC(CC(Br)(C4)C2)C3)CC1. The van der Waals surface area contributed by atoms with Gasteiger partial charge >= 0.3 is 0 Å². The molecule has 118 valence electrons. The Morgan fingerprint density at radius 2 is 1.76 bits per heavy atom. The van der Waals surface area contributed by atoms with E-state index in [-0.39, 0.29) is 9.74 Å². The fraction of sp³-hybridized carbons (Fsp3) is 0.941. The number of amides is 1. The summed E-state index contributed by atoms with van der Waals surface area (Å²) in [7, 11) is 1.79. The minimum absolute atomic E-state index is 0.0342. The number of methoxy groups -OCH3 is 1. The minimum Gasteiger partial charge on any atom is -0.381 e. The number of alkyl halides is 1. The van der Waals surface area contributed by atoms with Crippen LogP contribution in [0, 0.1) is 17.3 Å². The molecule has 1 amide bonds. The monoisotopic (exact) mass is 355 g/mol. The number of carbonyl (C=O) groups is 1. The first kappa shape index (κ1) is 14.5. The van der Waals surface area contributed by atoms with Gasteiger partial charge in [-0.15, -0.1) is 0 Å². The number of hydrogen-bond donors (Lipinski definition) is 0. The highest BCUT2D eigenvalue weighted by Gasteiger charge is 2.60. The van der Waals surface area contributed by atoms with Crippen molar-refractivity contribution in [1.82, 2.24) is 4.90 Å². The summed E-state index contributed by atoms with van der Waals surface area (Å²) in [6, 6.07) is 0. The van der Waals surface area contributed by atoms with Gasteiger partial charge in [0.25, 0.3) is 0 Å². The second kappa shape index (κ2) is 4.95. The summed E-state index contributed by atoms with van der Waals surface area (Å²) in [4.78, 5) is 15.4. The third kappa shape index (κ3) is 2.37. The lowest BCUT2D eigenvalue weighted by Gasteiger charge is -2.60. The van der Waals surface area contributed by atoms with Crippen LogP contribution in [0.25, 0.3) is 0 Å². The molecule has 3 nitrogen and oxygen atoms in total. The minimum atomic E-state index is -0.0342. The Labute approximate surface area is 135 Å². The van der Waals surface area contributed by atoms with Gasteiger partial charge in [0, 0.05) is 24.5 Å². The van der Waals surface area contributed by atoms with Gasteiger partial charge < -0.3 is 9.64 Å². The highest BCUT2D eigenvalue weighted by atomic mass is 79.9. The molecule has 5 fully saturated rings. The van der Waals surface area contributed by atoms with Crippen molar-refractivity contribution < 1.29 is 9.53 Å². The van der Waals surface area contributed by atoms with Gasteiger partial charge in [0.1, 0.15) is 0 Å². The zero-order valence-corrected chi connectivity index (χ0v) is 14.5. The van der Waals surface area contributed by atoms with Gasteiger partial charge in [0.05, 0.1) is 11.5 Å². The van der Waals surface area contributed by atoms with Crippen molar-refractivity contribution in [3.05, 3.63) is 0 Å². The maximum Gasteiger partial charge on any atom is 0.228 e. The van der Waals surface area contributed by atoms with Gasteiger partial charge in [-0.25, -0.2) is 0 Å². The molecule has 5 aliphatic rings. The number of carbonyl (C=O) groups excluding carboxylic acids is 1. The van der Waals surface area contributed by atoms with Crippen LogP contribution in [0.15, 0.2) is 0 Å². The Morgan fingerprint density at radius 1 is 1.14 bits per heavy atom. The molecular weight excluding hydrogens is 330 g/mol. The molecule has 0 radical (unpaired) electrons. The molecule has 1 aliphatic heterocycles. The molecule has 0 N–H and O–H groups in total. The summed E-state index contributed by atoms with van der Waals surface area (Å²) in [5.74, 6) is 2.03. The van der Waals surface area contributed by atoms with Gasteiger partial charge in [0.15, 0.2) is 0 Å². The predicted molar refractivity (Wildman–Crippen MR) is 85.4 cm³/mol. The maximum absolute atomic E-state index is 13.3. The quantitative estimate of drug-likeness (QED) is 0.710. The number of likely N-dealkylation sites (tertiary alicyclic amines) is 1. The van der Waals surface area contributed by atoms with Crippen LogP contribution in [0.5, 0.6) is 0 Å². The van der Waals surface area contributed by atoms with Crippen molar-refractivity contribution in [1.29, 1.82) is 0 Å². The number of rotatable bonds is 2. The average molecular weight is 356 g/mol. The number of ether oxygens (including phenoxy) is 1. The number of hydrogen-bond acceptors (Lipinski definition) is 2. The maximum atomic E-state index is 13.3. The molecule has 0 aromatic rings. The summed E-state index contributed by atoms with van der Waals surface area (Å²) in [5.41, 5.74) is -0.0342. The lowest BCUT2D eigenvalue weighted by Crippen LogP contribution is -2.59. The van der Waals surface area contributed by atoms with E-state index in [1.165, 1.54) is 19.3 Å². The zero-order chi connectivity index (χ0) is 14.7.